The van der Waals surface area contributed by atoms with Crippen LogP contribution in [0.2, 0.25) is 0 Å². The fourth-order valence-corrected chi connectivity index (χ4v) is 1.97. The van der Waals surface area contributed by atoms with Crippen LogP contribution in [-0.2, 0) is 4.74 Å². The largest absolute Gasteiger partial charge is 0.391 e. The summed E-state index contributed by atoms with van der Waals surface area (Å²) in [6.07, 6.45) is 12.3. The van der Waals surface area contributed by atoms with Crippen LogP contribution in [0.15, 0.2) is 0 Å². The average Bonchev–Trinajstić information content (AvgIpc) is 2.32. The molecule has 0 heterocycles. The Kier molecular flexibility index (Phi) is 13.9. The topological polar surface area (TPSA) is 29.5 Å². The Balaban J connectivity index is 2.98. The van der Waals surface area contributed by atoms with Crippen molar-refractivity contribution >= 4 is 0 Å². The summed E-state index contributed by atoms with van der Waals surface area (Å²) in [6.45, 7) is 5.67. The van der Waals surface area contributed by atoms with Crippen LogP contribution in [0.25, 0.3) is 0 Å². The highest BCUT2D eigenvalue weighted by Crippen LogP contribution is 2.08. The van der Waals surface area contributed by atoms with Gasteiger partial charge in [-0.15, -0.1) is 0 Å². The Morgan fingerprint density at radius 1 is 0.824 bits per heavy atom. The van der Waals surface area contributed by atoms with E-state index in [4.69, 9.17) is 4.74 Å². The van der Waals surface area contributed by atoms with Crippen molar-refractivity contribution in [1.82, 2.24) is 0 Å². The summed E-state index contributed by atoms with van der Waals surface area (Å²) in [7, 11) is 0. The number of ether oxygens (including phenoxy) is 1. The van der Waals surface area contributed by atoms with E-state index < -0.39 is 0 Å². The van der Waals surface area contributed by atoms with Gasteiger partial charge < -0.3 is 9.84 Å². The minimum atomic E-state index is -0.256. The zero-order chi connectivity index (χ0) is 12.8. The van der Waals surface area contributed by atoms with Crippen LogP contribution in [0, 0.1) is 0 Å². The van der Waals surface area contributed by atoms with Crippen LogP contribution in [-0.4, -0.2) is 24.4 Å². The van der Waals surface area contributed by atoms with E-state index in [1.807, 2.05) is 0 Å². The van der Waals surface area contributed by atoms with Crippen molar-refractivity contribution in [2.24, 2.45) is 0 Å². The summed E-state index contributed by atoms with van der Waals surface area (Å²) in [5, 5.41) is 9.45. The first-order valence-corrected chi connectivity index (χ1v) is 7.57. The number of rotatable bonds is 13. The Labute approximate surface area is 108 Å². The zero-order valence-corrected chi connectivity index (χ0v) is 11.9. The summed E-state index contributed by atoms with van der Waals surface area (Å²) < 4.78 is 5.44. The van der Waals surface area contributed by atoms with Gasteiger partial charge in [0, 0.05) is 6.61 Å². The highest BCUT2D eigenvalue weighted by molar-refractivity contribution is 4.52. The molecule has 104 valence electrons. The first kappa shape index (κ1) is 16.9. The van der Waals surface area contributed by atoms with Crippen LogP contribution >= 0.6 is 0 Å². The van der Waals surface area contributed by atoms with Gasteiger partial charge in [-0.05, 0) is 12.8 Å². The van der Waals surface area contributed by atoms with Crippen LogP contribution in [0.5, 0.6) is 0 Å². The van der Waals surface area contributed by atoms with E-state index in [9.17, 15) is 5.11 Å². The van der Waals surface area contributed by atoms with Gasteiger partial charge >= 0.3 is 0 Å². The van der Waals surface area contributed by atoms with E-state index in [0.717, 1.165) is 25.9 Å². The maximum Gasteiger partial charge on any atom is 0.0773 e. The van der Waals surface area contributed by atoms with Gasteiger partial charge in [-0.2, -0.15) is 0 Å². The van der Waals surface area contributed by atoms with E-state index in [1.165, 1.54) is 44.9 Å². The molecule has 0 aliphatic rings. The number of hydrogen-bond acceptors (Lipinski definition) is 2. The Morgan fingerprint density at radius 2 is 1.41 bits per heavy atom. The number of aliphatic hydroxyl groups excluding tert-OH is 1. The smallest absolute Gasteiger partial charge is 0.0773 e. The molecule has 1 unspecified atom stereocenters. The van der Waals surface area contributed by atoms with Gasteiger partial charge in [0.1, 0.15) is 0 Å². The average molecular weight is 244 g/mol. The van der Waals surface area contributed by atoms with Crippen molar-refractivity contribution in [3.05, 3.63) is 0 Å². The van der Waals surface area contributed by atoms with E-state index in [1.54, 1.807) is 0 Å². The third-order valence-corrected chi connectivity index (χ3v) is 3.07. The molecule has 0 aromatic heterocycles. The Bertz CT molecular complexity index is 137. The second-order valence-corrected chi connectivity index (χ2v) is 4.99. The lowest BCUT2D eigenvalue weighted by atomic mass is 10.1. The predicted molar refractivity (Wildman–Crippen MR) is 74.3 cm³/mol. The quantitative estimate of drug-likeness (QED) is 0.489. The van der Waals surface area contributed by atoms with Crippen molar-refractivity contribution in [2.75, 3.05) is 13.2 Å². The van der Waals surface area contributed by atoms with Crippen LogP contribution < -0.4 is 0 Å². The standard InChI is InChI=1S/C15H32O2/c1-3-5-6-7-8-9-10-11-13-17-14-15(16)12-4-2/h15-16H,3-14H2,1-2H3. The fourth-order valence-electron chi connectivity index (χ4n) is 1.97. The van der Waals surface area contributed by atoms with Crippen LogP contribution in [0.3, 0.4) is 0 Å². The predicted octanol–water partition coefficient (Wildman–Crippen LogP) is 4.30. The third-order valence-electron chi connectivity index (χ3n) is 3.07. The maximum atomic E-state index is 9.45. The minimum Gasteiger partial charge on any atom is -0.391 e. The highest BCUT2D eigenvalue weighted by Gasteiger charge is 2.01. The van der Waals surface area contributed by atoms with Gasteiger partial charge in [-0.25, -0.2) is 0 Å². The normalized spacial score (nSPS) is 12.9. The van der Waals surface area contributed by atoms with Gasteiger partial charge in [0.05, 0.1) is 12.7 Å². The van der Waals surface area contributed by atoms with Crippen molar-refractivity contribution in [2.45, 2.75) is 84.2 Å². The molecule has 0 aromatic carbocycles. The van der Waals surface area contributed by atoms with E-state index in [0.29, 0.717) is 6.61 Å². The highest BCUT2D eigenvalue weighted by atomic mass is 16.5. The first-order chi connectivity index (χ1) is 8.31. The lowest BCUT2D eigenvalue weighted by molar-refractivity contribution is 0.0307. The van der Waals surface area contributed by atoms with Crippen LogP contribution in [0.4, 0.5) is 0 Å². The maximum absolute atomic E-state index is 9.45. The van der Waals surface area contributed by atoms with Crippen molar-refractivity contribution in [3.63, 3.8) is 0 Å². The molecule has 0 radical (unpaired) electrons. The van der Waals surface area contributed by atoms with Gasteiger partial charge in [-0.1, -0.05) is 65.2 Å². The zero-order valence-electron chi connectivity index (χ0n) is 11.9. The SMILES string of the molecule is CCCCCCCCCCOCC(O)CCC. The third kappa shape index (κ3) is 13.9. The fraction of sp³-hybridized carbons (Fsp3) is 1.00. The summed E-state index contributed by atoms with van der Waals surface area (Å²) in [5.41, 5.74) is 0. The molecule has 0 spiro atoms. The lowest BCUT2D eigenvalue weighted by Gasteiger charge is -2.09. The van der Waals surface area contributed by atoms with Gasteiger partial charge in [0.2, 0.25) is 0 Å². The molecule has 0 saturated carbocycles. The van der Waals surface area contributed by atoms with Crippen molar-refractivity contribution in [3.8, 4) is 0 Å². The summed E-state index contributed by atoms with van der Waals surface area (Å²) in [4.78, 5) is 0. The molecule has 0 fully saturated rings. The minimum absolute atomic E-state index is 0.256. The second-order valence-electron chi connectivity index (χ2n) is 4.99. The van der Waals surface area contributed by atoms with Gasteiger partial charge in [0.25, 0.3) is 0 Å². The molecule has 1 N–H and O–H groups in total. The molecule has 0 aliphatic carbocycles. The molecule has 17 heavy (non-hydrogen) atoms. The van der Waals surface area contributed by atoms with Gasteiger partial charge in [0.15, 0.2) is 0 Å². The van der Waals surface area contributed by atoms with E-state index >= 15 is 0 Å². The Hall–Kier alpha value is -0.0800. The summed E-state index contributed by atoms with van der Waals surface area (Å²) in [5.74, 6) is 0. The molecule has 0 amide bonds. The van der Waals surface area contributed by atoms with E-state index in [2.05, 4.69) is 13.8 Å². The molecular formula is C15H32O2. The molecule has 1 atom stereocenters. The summed E-state index contributed by atoms with van der Waals surface area (Å²) in [6, 6.07) is 0. The lowest BCUT2D eigenvalue weighted by Crippen LogP contribution is -2.15. The number of unbranched alkanes of at least 4 members (excludes halogenated alkanes) is 7. The van der Waals surface area contributed by atoms with Crippen molar-refractivity contribution < 1.29 is 9.84 Å². The molecule has 0 bridgehead atoms. The summed E-state index contributed by atoms with van der Waals surface area (Å²) >= 11 is 0. The first-order valence-electron chi connectivity index (χ1n) is 7.57. The molecule has 0 rings (SSSR count). The molecule has 0 saturated heterocycles. The number of aliphatic hydroxyl groups is 1. The van der Waals surface area contributed by atoms with E-state index in [-0.39, 0.29) is 6.10 Å². The molecule has 0 aliphatic heterocycles. The Morgan fingerprint density at radius 3 is 2.00 bits per heavy atom. The monoisotopic (exact) mass is 244 g/mol. The molecular weight excluding hydrogens is 212 g/mol. The molecule has 0 aromatic rings. The molecule has 2 heteroatoms. The second kappa shape index (κ2) is 14.0. The molecule has 2 nitrogen and oxygen atoms in total. The van der Waals surface area contributed by atoms with Gasteiger partial charge in [-0.3, -0.25) is 0 Å². The number of hydrogen-bond donors (Lipinski definition) is 1. The van der Waals surface area contributed by atoms with Crippen molar-refractivity contribution in [1.29, 1.82) is 0 Å². The van der Waals surface area contributed by atoms with Crippen LogP contribution in [0.1, 0.15) is 78.1 Å².